The minimum Gasteiger partial charge on any atom is -0.456 e. The fourth-order valence-corrected chi connectivity index (χ4v) is 6.24. The monoisotopic (exact) mass is 681 g/mol. The molecule has 0 unspecified atom stereocenters. The molecule has 0 aromatic heterocycles. The van der Waals surface area contributed by atoms with Crippen LogP contribution in [-0.4, -0.2) is 48.2 Å². The molecule has 48 heavy (non-hydrogen) atoms. The van der Waals surface area contributed by atoms with Gasteiger partial charge in [0.25, 0.3) is 0 Å². The summed E-state index contributed by atoms with van der Waals surface area (Å²) in [6.07, 6.45) is 8.11. The van der Waals surface area contributed by atoms with Crippen LogP contribution in [0.2, 0.25) is 5.02 Å². The Labute approximate surface area is 291 Å². The highest BCUT2D eigenvalue weighted by Gasteiger charge is 2.32. The third-order valence-electron chi connectivity index (χ3n) is 8.07. The van der Waals surface area contributed by atoms with Crippen LogP contribution in [0.3, 0.4) is 0 Å². The van der Waals surface area contributed by atoms with Crippen LogP contribution in [0, 0.1) is 0 Å². The highest BCUT2D eigenvalue weighted by atomic mass is 35.5. The van der Waals surface area contributed by atoms with Gasteiger partial charge in [0.15, 0.2) is 5.78 Å². The Balaban J connectivity index is 2.16. The molecule has 1 amide bonds. The number of unbranched alkanes of at least 4 members (excludes halogenated alkanes) is 6. The molecule has 3 aromatic rings. The molecule has 0 saturated heterocycles. The molecule has 0 heterocycles. The van der Waals surface area contributed by atoms with Gasteiger partial charge in [-0.1, -0.05) is 81.0 Å². The number of rotatable bonds is 17. The molecule has 0 fully saturated rings. The van der Waals surface area contributed by atoms with Crippen molar-refractivity contribution in [3.8, 4) is 0 Å². The van der Waals surface area contributed by atoms with E-state index in [1.165, 1.54) is 32.1 Å². The van der Waals surface area contributed by atoms with Crippen molar-refractivity contribution in [2.75, 3.05) is 13.1 Å². The quantitative estimate of drug-likeness (QED) is 0.0562. The van der Waals surface area contributed by atoms with Gasteiger partial charge >= 0.3 is 12.1 Å². The number of Topliss-reactive ketones (excluding diaryl/α,β-unsaturated/α-hetero) is 1. The van der Waals surface area contributed by atoms with E-state index in [1.54, 1.807) is 47.6 Å². The number of nitrogens with one attached hydrogen (secondary N) is 2. The topological polar surface area (TPSA) is 120 Å². The largest absolute Gasteiger partial charge is 0.456 e. The zero-order valence-corrected chi connectivity index (χ0v) is 30.8. The van der Waals surface area contributed by atoms with E-state index >= 15 is 0 Å². The van der Waals surface area contributed by atoms with Gasteiger partial charge in [-0.25, -0.2) is 9.59 Å². The van der Waals surface area contributed by atoms with Crippen molar-refractivity contribution < 1.29 is 23.9 Å². The average Bonchev–Trinajstić information content (AvgIpc) is 3.00. The third-order valence-corrected chi connectivity index (χ3v) is 8.46. The van der Waals surface area contributed by atoms with E-state index in [9.17, 15) is 14.4 Å². The standard InChI is InChI=1S/C39H56ClN3O5/c1-8-9-10-11-12-17-24-42-25-30-26-18-13-14-19-28(26)34(40)32-27(30)21-22-29(33(32)36(45)47-38(2,3)4)35(44)31(20-15-16-23-41)43-37(46)48-39(5,6)7/h13-14,18-19,21-22,31,42H,8-12,15-17,20,23-25,41H2,1-7H3,(H,43,46)/t31-/m0/s1. The molecular formula is C39H56ClN3O5. The Hall–Kier alpha value is -3.20. The van der Waals surface area contributed by atoms with Crippen LogP contribution in [0.25, 0.3) is 21.5 Å². The normalized spacial score (nSPS) is 12.7. The van der Waals surface area contributed by atoms with Crippen molar-refractivity contribution in [1.82, 2.24) is 10.6 Å². The molecule has 3 aromatic carbocycles. The van der Waals surface area contributed by atoms with Gasteiger partial charge in [-0.2, -0.15) is 0 Å². The number of benzene rings is 3. The SMILES string of the molecule is CCCCCCCCNCc1c2ccccc2c(Cl)c2c(C(=O)OC(C)(C)C)c(C(=O)[C@H](CCCCN)NC(=O)OC(C)(C)C)ccc12. The van der Waals surface area contributed by atoms with Gasteiger partial charge in [-0.05, 0) is 103 Å². The molecule has 0 spiro atoms. The van der Waals surface area contributed by atoms with Crippen molar-refractivity contribution in [2.24, 2.45) is 5.73 Å². The van der Waals surface area contributed by atoms with Crippen molar-refractivity contribution >= 4 is 51.0 Å². The minimum atomic E-state index is -0.956. The summed E-state index contributed by atoms with van der Waals surface area (Å²) in [4.78, 5) is 41.4. The lowest BCUT2D eigenvalue weighted by atomic mass is 9.88. The van der Waals surface area contributed by atoms with Crippen LogP contribution in [0.1, 0.15) is 133 Å². The van der Waals surface area contributed by atoms with Gasteiger partial charge < -0.3 is 25.8 Å². The first-order chi connectivity index (χ1) is 22.7. The molecular weight excluding hydrogens is 626 g/mol. The van der Waals surface area contributed by atoms with Gasteiger partial charge in [0.1, 0.15) is 11.2 Å². The number of carbonyl (C=O) groups is 3. The number of hydrogen-bond donors (Lipinski definition) is 3. The maximum Gasteiger partial charge on any atom is 0.408 e. The molecule has 264 valence electrons. The summed E-state index contributed by atoms with van der Waals surface area (Å²) in [5, 5.41) is 9.73. The Bertz CT molecular complexity index is 1560. The number of esters is 1. The van der Waals surface area contributed by atoms with E-state index in [-0.39, 0.29) is 11.1 Å². The van der Waals surface area contributed by atoms with Gasteiger partial charge in [0.05, 0.1) is 16.6 Å². The maximum absolute atomic E-state index is 14.4. The van der Waals surface area contributed by atoms with Crippen LogP contribution in [0.15, 0.2) is 36.4 Å². The van der Waals surface area contributed by atoms with Crippen LogP contribution >= 0.6 is 11.6 Å². The summed E-state index contributed by atoms with van der Waals surface area (Å²) in [5.41, 5.74) is 5.37. The molecule has 0 saturated carbocycles. The third kappa shape index (κ3) is 11.2. The number of ketones is 1. The molecule has 8 nitrogen and oxygen atoms in total. The molecule has 0 aliphatic carbocycles. The second-order valence-corrected chi connectivity index (χ2v) is 14.9. The highest BCUT2D eigenvalue weighted by Crippen LogP contribution is 2.40. The van der Waals surface area contributed by atoms with Crippen LogP contribution in [-0.2, 0) is 16.0 Å². The van der Waals surface area contributed by atoms with Crippen molar-refractivity contribution in [1.29, 1.82) is 0 Å². The number of halogens is 1. The predicted octanol–water partition coefficient (Wildman–Crippen LogP) is 9.26. The zero-order valence-electron chi connectivity index (χ0n) is 30.0. The molecule has 3 rings (SSSR count). The lowest BCUT2D eigenvalue weighted by Crippen LogP contribution is -2.44. The van der Waals surface area contributed by atoms with Gasteiger partial charge in [0.2, 0.25) is 0 Å². The first-order valence-electron chi connectivity index (χ1n) is 17.5. The smallest absolute Gasteiger partial charge is 0.408 e. The van der Waals surface area contributed by atoms with E-state index < -0.39 is 35.1 Å². The fraction of sp³-hybridized carbons (Fsp3) is 0.564. The van der Waals surface area contributed by atoms with E-state index in [0.717, 1.165) is 34.7 Å². The van der Waals surface area contributed by atoms with Crippen molar-refractivity contribution in [2.45, 2.75) is 130 Å². The second kappa shape index (κ2) is 18.0. The van der Waals surface area contributed by atoms with Crippen LogP contribution in [0.5, 0.6) is 0 Å². The number of fused-ring (bicyclic) bond motifs is 2. The number of ether oxygens (including phenoxy) is 2. The van der Waals surface area contributed by atoms with Crippen LogP contribution in [0.4, 0.5) is 4.79 Å². The van der Waals surface area contributed by atoms with Crippen molar-refractivity contribution in [3.63, 3.8) is 0 Å². The van der Waals surface area contributed by atoms with Gasteiger partial charge in [0, 0.05) is 22.9 Å². The number of amides is 1. The van der Waals surface area contributed by atoms with E-state index in [2.05, 4.69) is 17.6 Å². The van der Waals surface area contributed by atoms with Crippen LogP contribution < -0.4 is 16.4 Å². The Morgan fingerprint density at radius 1 is 0.812 bits per heavy atom. The predicted molar refractivity (Wildman–Crippen MR) is 197 cm³/mol. The number of alkyl carbamates (subject to hydrolysis) is 1. The summed E-state index contributed by atoms with van der Waals surface area (Å²) in [7, 11) is 0. The number of hydrogen-bond acceptors (Lipinski definition) is 7. The number of carbonyl (C=O) groups excluding carboxylic acids is 3. The Kier molecular flexibility index (Phi) is 14.7. The average molecular weight is 682 g/mol. The van der Waals surface area contributed by atoms with Crippen molar-refractivity contribution in [3.05, 3.63) is 58.1 Å². The molecule has 0 radical (unpaired) electrons. The fourth-order valence-electron chi connectivity index (χ4n) is 5.88. The van der Waals surface area contributed by atoms with E-state index in [1.807, 2.05) is 30.3 Å². The second-order valence-electron chi connectivity index (χ2n) is 14.5. The van der Waals surface area contributed by atoms with E-state index in [4.69, 9.17) is 26.8 Å². The maximum atomic E-state index is 14.4. The number of nitrogens with two attached hydrogens (primary N) is 1. The molecule has 0 bridgehead atoms. The lowest BCUT2D eigenvalue weighted by molar-refractivity contribution is 0.00699. The molecule has 9 heteroatoms. The minimum absolute atomic E-state index is 0.0927. The van der Waals surface area contributed by atoms with Gasteiger partial charge in [-0.3, -0.25) is 4.79 Å². The lowest BCUT2D eigenvalue weighted by Gasteiger charge is -2.25. The summed E-state index contributed by atoms with van der Waals surface area (Å²) in [6.45, 7) is 14.7. The zero-order chi connectivity index (χ0) is 35.5. The molecule has 0 aliphatic heterocycles. The summed E-state index contributed by atoms with van der Waals surface area (Å²) >= 11 is 7.18. The summed E-state index contributed by atoms with van der Waals surface area (Å²) in [6, 6.07) is 10.4. The molecule has 4 N–H and O–H groups in total. The van der Waals surface area contributed by atoms with Gasteiger partial charge in [-0.15, -0.1) is 0 Å². The first-order valence-corrected chi connectivity index (χ1v) is 17.9. The Morgan fingerprint density at radius 3 is 2.10 bits per heavy atom. The summed E-state index contributed by atoms with van der Waals surface area (Å²) < 4.78 is 11.4. The molecule has 0 aliphatic rings. The summed E-state index contributed by atoms with van der Waals surface area (Å²) in [5.74, 6) is -1.08. The highest BCUT2D eigenvalue weighted by molar-refractivity contribution is 6.42. The Morgan fingerprint density at radius 2 is 1.46 bits per heavy atom. The first kappa shape index (κ1) is 39.2. The molecule has 1 atom stereocenters. The van der Waals surface area contributed by atoms with E-state index in [0.29, 0.717) is 42.8 Å².